The maximum absolute atomic E-state index is 13.5. The van der Waals surface area contributed by atoms with Crippen molar-refractivity contribution in [2.24, 2.45) is 7.05 Å². The van der Waals surface area contributed by atoms with Crippen LogP contribution in [0.2, 0.25) is 0 Å². The number of benzene rings is 4. The number of fused-ring (bicyclic) bond motifs is 2. The molecule has 0 aliphatic carbocycles. The molecule has 7 rings (SSSR count). The van der Waals surface area contributed by atoms with E-state index in [9.17, 15) is 4.79 Å². The Hall–Kier alpha value is -6.43. The molecule has 0 radical (unpaired) electrons. The number of urea groups is 1. The SMILES string of the molecule is COc1ccc(-n2nc(C(C)(C)C)cc2NC(=O)Nc2ccc(Oc3ccnc(Nc4ccc5c(cnn5C)c4)n3)c3ccccc23)cc1. The van der Waals surface area contributed by atoms with Gasteiger partial charge in [-0.25, -0.2) is 14.5 Å². The molecule has 0 bridgehead atoms. The van der Waals surface area contributed by atoms with Crippen molar-refractivity contribution < 1.29 is 14.3 Å². The van der Waals surface area contributed by atoms with Crippen LogP contribution in [0.5, 0.6) is 17.4 Å². The molecule has 246 valence electrons. The molecule has 0 atom stereocenters. The molecule has 12 heteroatoms. The fraction of sp³-hybridized carbons (Fsp3) is 0.162. The highest BCUT2D eigenvalue weighted by molar-refractivity contribution is 6.07. The van der Waals surface area contributed by atoms with Crippen molar-refractivity contribution in [3.8, 4) is 23.1 Å². The van der Waals surface area contributed by atoms with Crippen LogP contribution in [0.1, 0.15) is 26.5 Å². The second-order valence-electron chi connectivity index (χ2n) is 12.5. The van der Waals surface area contributed by atoms with Crippen molar-refractivity contribution in [2.45, 2.75) is 26.2 Å². The summed E-state index contributed by atoms with van der Waals surface area (Å²) in [5, 5.41) is 21.0. The Morgan fingerprint density at radius 1 is 0.878 bits per heavy atom. The van der Waals surface area contributed by atoms with E-state index in [2.05, 4.69) is 51.8 Å². The number of methoxy groups -OCH3 is 1. The zero-order chi connectivity index (χ0) is 34.1. The summed E-state index contributed by atoms with van der Waals surface area (Å²) >= 11 is 0. The van der Waals surface area contributed by atoms with Gasteiger partial charge in [0.2, 0.25) is 11.8 Å². The second kappa shape index (κ2) is 12.6. The average Bonchev–Trinajstić information content (AvgIpc) is 3.69. The minimum atomic E-state index is -0.412. The van der Waals surface area contributed by atoms with Crippen LogP contribution in [0, 0.1) is 0 Å². The van der Waals surface area contributed by atoms with Crippen molar-refractivity contribution in [2.75, 3.05) is 23.1 Å². The number of ether oxygens (including phenoxy) is 2. The third-order valence-corrected chi connectivity index (χ3v) is 8.02. The summed E-state index contributed by atoms with van der Waals surface area (Å²) in [5.74, 6) is 2.60. The van der Waals surface area contributed by atoms with E-state index in [1.165, 1.54) is 0 Å². The summed E-state index contributed by atoms with van der Waals surface area (Å²) in [6, 6.07) is 27.9. The molecule has 0 unspecified atom stereocenters. The Balaban J connectivity index is 1.11. The van der Waals surface area contributed by atoms with Crippen LogP contribution in [0.15, 0.2) is 103 Å². The zero-order valence-corrected chi connectivity index (χ0v) is 27.7. The number of hydrogen-bond acceptors (Lipinski definition) is 8. The predicted molar refractivity (Wildman–Crippen MR) is 192 cm³/mol. The molecule has 0 saturated heterocycles. The largest absolute Gasteiger partial charge is 0.497 e. The summed E-state index contributed by atoms with van der Waals surface area (Å²) in [4.78, 5) is 22.4. The second-order valence-corrected chi connectivity index (χ2v) is 12.5. The van der Waals surface area contributed by atoms with Gasteiger partial charge >= 0.3 is 6.03 Å². The highest BCUT2D eigenvalue weighted by Gasteiger charge is 2.22. The quantitative estimate of drug-likeness (QED) is 0.150. The molecule has 7 aromatic rings. The minimum absolute atomic E-state index is 0.231. The number of nitrogens with one attached hydrogen (secondary N) is 3. The molecule has 0 saturated carbocycles. The fourth-order valence-electron chi connectivity index (χ4n) is 5.44. The van der Waals surface area contributed by atoms with Crippen molar-refractivity contribution in [1.29, 1.82) is 0 Å². The van der Waals surface area contributed by atoms with Crippen molar-refractivity contribution in [3.63, 3.8) is 0 Å². The number of anilines is 4. The summed E-state index contributed by atoms with van der Waals surface area (Å²) < 4.78 is 15.1. The fourth-order valence-corrected chi connectivity index (χ4v) is 5.44. The van der Waals surface area contributed by atoms with Gasteiger partial charge in [-0.05, 0) is 54.6 Å². The van der Waals surface area contributed by atoms with Gasteiger partial charge in [0, 0.05) is 52.6 Å². The monoisotopic (exact) mass is 653 g/mol. The highest BCUT2D eigenvalue weighted by atomic mass is 16.5. The number of carbonyl (C=O) groups excluding carboxylic acids is 1. The minimum Gasteiger partial charge on any atom is -0.497 e. The van der Waals surface area contributed by atoms with Gasteiger partial charge in [0.15, 0.2) is 0 Å². The van der Waals surface area contributed by atoms with Crippen molar-refractivity contribution >= 4 is 50.8 Å². The summed E-state index contributed by atoms with van der Waals surface area (Å²) in [5.41, 5.74) is 3.87. The van der Waals surface area contributed by atoms with Gasteiger partial charge in [-0.2, -0.15) is 15.2 Å². The summed E-state index contributed by atoms with van der Waals surface area (Å²) in [7, 11) is 3.53. The molecule has 0 fully saturated rings. The molecule has 4 aromatic carbocycles. The van der Waals surface area contributed by atoms with Gasteiger partial charge in [-0.1, -0.05) is 45.0 Å². The number of nitrogens with zero attached hydrogens (tertiary/aromatic N) is 6. The van der Waals surface area contributed by atoms with E-state index in [0.29, 0.717) is 29.1 Å². The number of amides is 2. The summed E-state index contributed by atoms with van der Waals surface area (Å²) in [6.45, 7) is 6.23. The van der Waals surface area contributed by atoms with Gasteiger partial charge in [-0.15, -0.1) is 0 Å². The smallest absolute Gasteiger partial charge is 0.324 e. The van der Waals surface area contributed by atoms with Gasteiger partial charge in [0.25, 0.3) is 0 Å². The van der Waals surface area contributed by atoms with Gasteiger partial charge < -0.3 is 20.1 Å². The third kappa shape index (κ3) is 6.57. The lowest BCUT2D eigenvalue weighted by atomic mass is 9.92. The van der Waals surface area contributed by atoms with Crippen LogP contribution in [0.3, 0.4) is 0 Å². The van der Waals surface area contributed by atoms with Crippen LogP contribution in [0.4, 0.5) is 27.9 Å². The molecule has 3 N–H and O–H groups in total. The van der Waals surface area contributed by atoms with E-state index in [-0.39, 0.29) is 5.41 Å². The maximum Gasteiger partial charge on any atom is 0.324 e. The van der Waals surface area contributed by atoms with Crippen LogP contribution < -0.4 is 25.4 Å². The van der Waals surface area contributed by atoms with E-state index in [0.717, 1.165) is 44.5 Å². The molecular formula is C37H35N9O3. The number of aromatic nitrogens is 6. The van der Waals surface area contributed by atoms with Gasteiger partial charge in [0.05, 0.1) is 35.9 Å². The van der Waals surface area contributed by atoms with Crippen LogP contribution >= 0.6 is 0 Å². The first kappa shape index (κ1) is 31.2. The molecule has 0 aliphatic rings. The third-order valence-electron chi connectivity index (χ3n) is 8.02. The average molecular weight is 654 g/mol. The molecule has 12 nitrogen and oxygen atoms in total. The first-order valence-corrected chi connectivity index (χ1v) is 15.7. The first-order valence-electron chi connectivity index (χ1n) is 15.7. The van der Waals surface area contributed by atoms with Gasteiger partial charge in [0.1, 0.15) is 17.3 Å². The lowest BCUT2D eigenvalue weighted by molar-refractivity contribution is 0.262. The number of aryl methyl sites for hydroxylation is 1. The highest BCUT2D eigenvalue weighted by Crippen LogP contribution is 2.35. The molecule has 2 amide bonds. The Bertz CT molecular complexity index is 2300. The molecule has 0 aliphatic heterocycles. The maximum atomic E-state index is 13.5. The molecule has 3 heterocycles. The molecule has 49 heavy (non-hydrogen) atoms. The predicted octanol–water partition coefficient (Wildman–Crippen LogP) is 8.19. The summed E-state index contributed by atoms with van der Waals surface area (Å²) in [6.07, 6.45) is 3.45. The molecule has 3 aromatic heterocycles. The van der Waals surface area contributed by atoms with E-state index in [4.69, 9.17) is 14.6 Å². The van der Waals surface area contributed by atoms with E-state index < -0.39 is 6.03 Å². The van der Waals surface area contributed by atoms with E-state index in [1.54, 1.807) is 24.1 Å². The van der Waals surface area contributed by atoms with Crippen LogP contribution in [0.25, 0.3) is 27.4 Å². The number of hydrogen-bond donors (Lipinski definition) is 3. The Kier molecular flexibility index (Phi) is 8.04. The van der Waals surface area contributed by atoms with Crippen molar-refractivity contribution in [1.82, 2.24) is 29.5 Å². The Morgan fingerprint density at radius 2 is 1.67 bits per heavy atom. The Labute approximate surface area is 282 Å². The zero-order valence-electron chi connectivity index (χ0n) is 27.7. The van der Waals surface area contributed by atoms with Crippen LogP contribution in [-0.4, -0.2) is 42.7 Å². The standard InChI is InChI=1S/C37H35N9O3/c1-37(2,3)32-21-33(46(44-32)25-11-13-26(48-5)14-12-25)42-36(47)41-29-15-17-31(28-9-7-6-8-27(28)29)49-34-18-19-38-35(43-34)40-24-10-16-30-23(20-24)22-39-45(30)4/h6-22H,1-5H3,(H,38,40,43)(H2,41,42,47). The first-order chi connectivity index (χ1) is 23.6. The lowest BCUT2D eigenvalue weighted by Crippen LogP contribution is -2.21. The Morgan fingerprint density at radius 3 is 2.45 bits per heavy atom. The van der Waals surface area contributed by atoms with E-state index in [1.807, 2.05) is 103 Å². The molecular weight excluding hydrogens is 618 g/mol. The topological polar surface area (TPSA) is 133 Å². The van der Waals surface area contributed by atoms with Crippen LogP contribution in [-0.2, 0) is 12.5 Å². The van der Waals surface area contributed by atoms with Crippen molar-refractivity contribution in [3.05, 3.63) is 109 Å². The lowest BCUT2D eigenvalue weighted by Gasteiger charge is -2.14. The van der Waals surface area contributed by atoms with Gasteiger partial charge in [-0.3, -0.25) is 10.00 Å². The normalized spacial score (nSPS) is 11.4. The van der Waals surface area contributed by atoms with E-state index >= 15 is 0 Å². The number of rotatable bonds is 8. The molecule has 0 spiro atoms. The number of carbonyl (C=O) groups is 1.